The molecule has 4 nitrogen and oxygen atoms in total. The van der Waals surface area contributed by atoms with Crippen LogP contribution >= 0.6 is 0 Å². The van der Waals surface area contributed by atoms with Gasteiger partial charge in [0.25, 0.3) is 0 Å². The van der Waals surface area contributed by atoms with Crippen LogP contribution < -0.4 is 10.6 Å². The fraction of sp³-hybridized carbons (Fsp3) is 0.812. The Bertz CT molecular complexity index is 391. The first-order chi connectivity index (χ1) is 9.83. The lowest BCUT2D eigenvalue weighted by Crippen LogP contribution is -2.37. The lowest BCUT2D eigenvalue weighted by Gasteiger charge is -2.24. The summed E-state index contributed by atoms with van der Waals surface area (Å²) >= 11 is 0. The van der Waals surface area contributed by atoms with Gasteiger partial charge < -0.3 is 15.5 Å². The lowest BCUT2D eigenvalue weighted by atomic mass is 9.91. The van der Waals surface area contributed by atoms with Crippen molar-refractivity contribution in [3.05, 3.63) is 11.1 Å². The van der Waals surface area contributed by atoms with Gasteiger partial charge in [-0.15, -0.1) is 0 Å². The molecule has 0 unspecified atom stereocenters. The van der Waals surface area contributed by atoms with Gasteiger partial charge in [-0.05, 0) is 49.8 Å². The maximum absolute atomic E-state index is 4.80. The molecule has 0 bridgehead atoms. The molecule has 2 N–H and O–H groups in total. The van der Waals surface area contributed by atoms with Crippen LogP contribution in [-0.2, 0) is 0 Å². The minimum absolute atomic E-state index is 0.712. The molecular weight excluding hydrogens is 248 g/mol. The molecule has 0 amide bonds. The summed E-state index contributed by atoms with van der Waals surface area (Å²) in [4.78, 5) is 7.26. The summed E-state index contributed by atoms with van der Waals surface area (Å²) in [5.41, 5.74) is 4.63. The van der Waals surface area contributed by atoms with E-state index in [2.05, 4.69) is 22.6 Å². The third kappa shape index (κ3) is 3.48. The van der Waals surface area contributed by atoms with Crippen molar-refractivity contribution in [1.82, 2.24) is 15.5 Å². The van der Waals surface area contributed by atoms with Gasteiger partial charge in [0.2, 0.25) is 0 Å². The molecular formula is C16H28N4. The standard InChI is InChI=1S/C16H28N4/c1-20(11-13-8-17-6-7-18-9-13)12-16-15-5-3-2-4-14(15)10-19-16/h13,17-18H,2-12H2,1H3. The molecule has 3 rings (SSSR count). The van der Waals surface area contributed by atoms with Crippen LogP contribution in [0.1, 0.15) is 25.7 Å². The Kier molecular flexibility index (Phi) is 4.86. The van der Waals surface area contributed by atoms with Crippen LogP contribution in [0, 0.1) is 5.92 Å². The molecule has 1 saturated heterocycles. The highest BCUT2D eigenvalue weighted by Gasteiger charge is 2.23. The molecule has 0 atom stereocenters. The number of aliphatic imine (C=N–C) groups is 1. The molecule has 2 heterocycles. The average Bonchev–Trinajstić information content (AvgIpc) is 2.68. The van der Waals surface area contributed by atoms with Crippen molar-refractivity contribution < 1.29 is 0 Å². The average molecular weight is 276 g/mol. The molecule has 0 aromatic carbocycles. The van der Waals surface area contributed by atoms with Gasteiger partial charge in [0.15, 0.2) is 0 Å². The minimum Gasteiger partial charge on any atom is -0.315 e. The fourth-order valence-electron chi connectivity index (χ4n) is 3.67. The summed E-state index contributed by atoms with van der Waals surface area (Å²) < 4.78 is 0. The third-order valence-electron chi connectivity index (χ3n) is 4.73. The van der Waals surface area contributed by atoms with Crippen molar-refractivity contribution in [3.63, 3.8) is 0 Å². The topological polar surface area (TPSA) is 39.7 Å². The highest BCUT2D eigenvalue weighted by molar-refractivity contribution is 6.04. The van der Waals surface area contributed by atoms with Crippen molar-refractivity contribution in [2.24, 2.45) is 10.9 Å². The molecule has 20 heavy (non-hydrogen) atoms. The normalized spacial score (nSPS) is 24.8. The molecule has 0 aromatic rings. The molecule has 3 aliphatic rings. The molecule has 0 spiro atoms. The van der Waals surface area contributed by atoms with Crippen LogP contribution in [0.4, 0.5) is 0 Å². The Labute approximate surface area is 122 Å². The van der Waals surface area contributed by atoms with Gasteiger partial charge in [0.05, 0.1) is 12.3 Å². The SMILES string of the molecule is CN(CC1=NCC2=C1CCCC2)CC1CNCCNC1. The number of hydrogen-bond donors (Lipinski definition) is 2. The molecule has 0 aromatic heterocycles. The molecule has 0 saturated carbocycles. The van der Waals surface area contributed by atoms with Gasteiger partial charge in [-0.1, -0.05) is 0 Å². The summed E-state index contributed by atoms with van der Waals surface area (Å²) in [6, 6.07) is 0. The van der Waals surface area contributed by atoms with Gasteiger partial charge in [-0.3, -0.25) is 4.99 Å². The zero-order chi connectivity index (χ0) is 13.8. The van der Waals surface area contributed by atoms with E-state index in [0.29, 0.717) is 5.92 Å². The zero-order valence-electron chi connectivity index (χ0n) is 12.7. The summed E-state index contributed by atoms with van der Waals surface area (Å²) in [7, 11) is 2.24. The molecule has 112 valence electrons. The number of nitrogens with one attached hydrogen (secondary N) is 2. The third-order valence-corrected chi connectivity index (χ3v) is 4.73. The summed E-state index contributed by atoms with van der Waals surface area (Å²) in [6.45, 7) is 7.66. The van der Waals surface area contributed by atoms with E-state index in [1.807, 2.05) is 0 Å². The number of hydrogen-bond acceptors (Lipinski definition) is 4. The van der Waals surface area contributed by atoms with Crippen molar-refractivity contribution in [2.45, 2.75) is 25.7 Å². The number of nitrogens with zero attached hydrogens (tertiary/aromatic N) is 2. The van der Waals surface area contributed by atoms with Crippen molar-refractivity contribution >= 4 is 5.71 Å². The lowest BCUT2D eigenvalue weighted by molar-refractivity contribution is 0.303. The van der Waals surface area contributed by atoms with Crippen LogP contribution in [-0.4, -0.2) is 63.5 Å². The molecule has 1 fully saturated rings. The minimum atomic E-state index is 0.712. The Morgan fingerprint density at radius 1 is 1.15 bits per heavy atom. The maximum Gasteiger partial charge on any atom is 0.0609 e. The molecule has 1 aliphatic carbocycles. The Morgan fingerprint density at radius 2 is 1.90 bits per heavy atom. The summed E-state index contributed by atoms with van der Waals surface area (Å²) in [5.74, 6) is 0.712. The molecule has 0 radical (unpaired) electrons. The van der Waals surface area contributed by atoms with Gasteiger partial charge in [0.1, 0.15) is 0 Å². The van der Waals surface area contributed by atoms with E-state index in [1.54, 1.807) is 11.1 Å². The first kappa shape index (κ1) is 14.2. The van der Waals surface area contributed by atoms with Crippen molar-refractivity contribution in [1.29, 1.82) is 0 Å². The Hall–Kier alpha value is -0.710. The maximum atomic E-state index is 4.80. The van der Waals surface area contributed by atoms with E-state index in [4.69, 9.17) is 4.99 Å². The van der Waals surface area contributed by atoms with Gasteiger partial charge in [-0.2, -0.15) is 0 Å². The fourth-order valence-corrected chi connectivity index (χ4v) is 3.67. The number of rotatable bonds is 4. The second-order valence-corrected chi connectivity index (χ2v) is 6.52. The van der Waals surface area contributed by atoms with Gasteiger partial charge in [-0.25, -0.2) is 0 Å². The van der Waals surface area contributed by atoms with Crippen molar-refractivity contribution in [3.8, 4) is 0 Å². The van der Waals surface area contributed by atoms with E-state index in [9.17, 15) is 0 Å². The largest absolute Gasteiger partial charge is 0.315 e. The zero-order valence-corrected chi connectivity index (χ0v) is 12.7. The highest BCUT2D eigenvalue weighted by Crippen LogP contribution is 2.30. The first-order valence-corrected chi connectivity index (χ1v) is 8.17. The second kappa shape index (κ2) is 6.83. The smallest absolute Gasteiger partial charge is 0.0609 e. The first-order valence-electron chi connectivity index (χ1n) is 8.17. The van der Waals surface area contributed by atoms with Crippen LogP contribution in [0.2, 0.25) is 0 Å². The van der Waals surface area contributed by atoms with E-state index in [-0.39, 0.29) is 0 Å². The van der Waals surface area contributed by atoms with Crippen LogP contribution in [0.25, 0.3) is 0 Å². The molecule has 2 aliphatic heterocycles. The van der Waals surface area contributed by atoms with Crippen LogP contribution in [0.15, 0.2) is 16.1 Å². The van der Waals surface area contributed by atoms with Gasteiger partial charge in [0, 0.05) is 39.3 Å². The summed E-state index contributed by atoms with van der Waals surface area (Å²) in [6.07, 6.45) is 5.30. The predicted octanol–water partition coefficient (Wildman–Crippen LogP) is 1.05. The quantitative estimate of drug-likeness (QED) is 0.806. The highest BCUT2D eigenvalue weighted by atomic mass is 15.1. The second-order valence-electron chi connectivity index (χ2n) is 6.52. The molecule has 4 heteroatoms. The predicted molar refractivity (Wildman–Crippen MR) is 84.5 cm³/mol. The van der Waals surface area contributed by atoms with E-state index in [0.717, 1.165) is 45.8 Å². The van der Waals surface area contributed by atoms with Crippen LogP contribution in [0.3, 0.4) is 0 Å². The van der Waals surface area contributed by atoms with Gasteiger partial charge >= 0.3 is 0 Å². The Balaban J connectivity index is 1.51. The van der Waals surface area contributed by atoms with Crippen molar-refractivity contribution in [2.75, 3.05) is 52.9 Å². The van der Waals surface area contributed by atoms with E-state index < -0.39 is 0 Å². The van der Waals surface area contributed by atoms with E-state index >= 15 is 0 Å². The van der Waals surface area contributed by atoms with Crippen LogP contribution in [0.5, 0.6) is 0 Å². The Morgan fingerprint density at radius 3 is 2.70 bits per heavy atom. The monoisotopic (exact) mass is 276 g/mol. The van der Waals surface area contributed by atoms with E-state index in [1.165, 1.54) is 31.4 Å². The summed E-state index contributed by atoms with van der Waals surface area (Å²) in [5, 5.41) is 7.03.